The van der Waals surface area contributed by atoms with Crippen molar-refractivity contribution in [3.8, 4) is 17.2 Å². The number of nitrogens with one attached hydrogen (secondary N) is 1. The molecule has 12 heteroatoms. The quantitative estimate of drug-likeness (QED) is 0.189. The lowest BCUT2D eigenvalue weighted by molar-refractivity contribution is -0.140. The van der Waals surface area contributed by atoms with Gasteiger partial charge in [-0.3, -0.25) is 14.5 Å². The van der Waals surface area contributed by atoms with E-state index in [2.05, 4.69) is 9.88 Å². The van der Waals surface area contributed by atoms with Crippen molar-refractivity contribution >= 4 is 23.4 Å². The van der Waals surface area contributed by atoms with Gasteiger partial charge in [0.25, 0.3) is 11.7 Å². The fourth-order valence-corrected chi connectivity index (χ4v) is 5.55. The molecule has 2 aromatic rings. The second kappa shape index (κ2) is 12.6. The van der Waals surface area contributed by atoms with Crippen molar-refractivity contribution in [2.24, 2.45) is 0 Å². The van der Waals surface area contributed by atoms with Crippen LogP contribution in [0.1, 0.15) is 45.3 Å². The molecule has 1 atom stereocenters. The van der Waals surface area contributed by atoms with E-state index < -0.39 is 23.7 Å². The Morgan fingerprint density at radius 3 is 2.22 bits per heavy atom. The third kappa shape index (κ3) is 5.62. The summed E-state index contributed by atoms with van der Waals surface area (Å²) >= 11 is 0. The first kappa shape index (κ1) is 29.9. The van der Waals surface area contributed by atoms with Gasteiger partial charge in [0.05, 0.1) is 53.3 Å². The molecule has 0 unspecified atom stereocenters. The molecule has 0 spiro atoms. The van der Waals surface area contributed by atoms with Crippen LogP contribution in [0.25, 0.3) is 5.76 Å². The Morgan fingerprint density at radius 2 is 1.66 bits per heavy atom. The number of carbonyl (C=O) groups excluding carboxylic acids is 3. The maximum Gasteiger partial charge on any atom is 0.354 e. The standard InChI is InChI=1S/C29H37N3O9/c1-16-21(17(2)30-23(16)29(36)40-6)25(33)22-24(18-14-19(37-3)27(39-5)20(15-18)38-4)32(28(35)26(22)34)9-7-8-31-10-12-41-13-11-31/h14-15,24,30,33H,7-13H2,1-6H3/t24-/m1/s1. The summed E-state index contributed by atoms with van der Waals surface area (Å²) in [5, 5.41) is 11.7. The molecule has 2 saturated heterocycles. The topological polar surface area (TPSA) is 140 Å². The number of methoxy groups -OCH3 is 4. The Morgan fingerprint density at radius 1 is 1.02 bits per heavy atom. The van der Waals surface area contributed by atoms with Crippen LogP contribution < -0.4 is 14.2 Å². The van der Waals surface area contributed by atoms with Gasteiger partial charge in [0.2, 0.25) is 5.75 Å². The van der Waals surface area contributed by atoms with Crippen LogP contribution in [0.4, 0.5) is 0 Å². The first-order valence-corrected chi connectivity index (χ1v) is 13.3. The second-order valence-electron chi connectivity index (χ2n) is 9.88. The molecular formula is C29H37N3O9. The van der Waals surface area contributed by atoms with Crippen molar-refractivity contribution in [1.82, 2.24) is 14.8 Å². The molecule has 1 amide bonds. The zero-order chi connectivity index (χ0) is 29.8. The number of aryl methyl sites for hydroxylation is 1. The molecule has 2 aliphatic heterocycles. The van der Waals surface area contributed by atoms with Crippen LogP contribution in [-0.4, -0.2) is 105 Å². The number of carbonyl (C=O) groups is 3. The smallest absolute Gasteiger partial charge is 0.354 e. The molecule has 2 N–H and O–H groups in total. The number of H-pyrrole nitrogens is 1. The number of aromatic nitrogens is 1. The molecule has 0 aliphatic carbocycles. The number of amides is 1. The van der Waals surface area contributed by atoms with Crippen LogP contribution in [0.3, 0.4) is 0 Å². The average Bonchev–Trinajstić information content (AvgIpc) is 3.43. The largest absolute Gasteiger partial charge is 0.507 e. The van der Waals surface area contributed by atoms with E-state index in [-0.39, 0.29) is 29.1 Å². The predicted molar refractivity (Wildman–Crippen MR) is 149 cm³/mol. The number of ether oxygens (including phenoxy) is 5. The number of aliphatic hydroxyl groups is 1. The van der Waals surface area contributed by atoms with Gasteiger partial charge in [0, 0.05) is 37.4 Å². The van der Waals surface area contributed by atoms with Gasteiger partial charge in [0.1, 0.15) is 11.5 Å². The number of aromatic amines is 1. The molecule has 12 nitrogen and oxygen atoms in total. The molecular weight excluding hydrogens is 534 g/mol. The lowest BCUT2D eigenvalue weighted by Crippen LogP contribution is -2.39. The van der Waals surface area contributed by atoms with E-state index >= 15 is 0 Å². The normalized spacial score (nSPS) is 19.0. The molecule has 4 rings (SSSR count). The molecule has 41 heavy (non-hydrogen) atoms. The highest BCUT2D eigenvalue weighted by Crippen LogP contribution is 2.46. The number of aliphatic hydroxyl groups excluding tert-OH is 1. The first-order valence-electron chi connectivity index (χ1n) is 13.3. The van der Waals surface area contributed by atoms with E-state index in [1.165, 1.54) is 33.3 Å². The lowest BCUT2D eigenvalue weighted by atomic mass is 9.93. The van der Waals surface area contributed by atoms with Crippen LogP contribution in [0.15, 0.2) is 17.7 Å². The van der Waals surface area contributed by atoms with Crippen LogP contribution >= 0.6 is 0 Å². The third-order valence-corrected chi connectivity index (χ3v) is 7.58. The van der Waals surface area contributed by atoms with Gasteiger partial charge in [-0.25, -0.2) is 4.79 Å². The summed E-state index contributed by atoms with van der Waals surface area (Å²) in [7, 11) is 5.68. The van der Waals surface area contributed by atoms with Crippen molar-refractivity contribution < 1.29 is 43.2 Å². The highest BCUT2D eigenvalue weighted by atomic mass is 16.5. The molecule has 3 heterocycles. The van der Waals surface area contributed by atoms with Crippen LogP contribution in [0, 0.1) is 13.8 Å². The van der Waals surface area contributed by atoms with Crippen molar-refractivity contribution in [2.45, 2.75) is 26.3 Å². The number of esters is 1. The minimum absolute atomic E-state index is 0.0998. The van der Waals surface area contributed by atoms with Crippen LogP contribution in [0.5, 0.6) is 17.2 Å². The van der Waals surface area contributed by atoms with Gasteiger partial charge in [0.15, 0.2) is 11.5 Å². The molecule has 1 aromatic carbocycles. The number of rotatable bonds is 10. The van der Waals surface area contributed by atoms with E-state index in [1.807, 2.05) is 0 Å². The van der Waals surface area contributed by atoms with Gasteiger partial charge in [-0.15, -0.1) is 0 Å². The Kier molecular flexibility index (Phi) is 9.24. The maximum atomic E-state index is 13.6. The summed E-state index contributed by atoms with van der Waals surface area (Å²) in [5.41, 5.74) is 1.64. The summed E-state index contributed by atoms with van der Waals surface area (Å²) < 4.78 is 26.8. The Bertz CT molecular complexity index is 1330. The molecule has 222 valence electrons. The Labute approximate surface area is 238 Å². The molecule has 2 fully saturated rings. The average molecular weight is 572 g/mol. The summed E-state index contributed by atoms with van der Waals surface area (Å²) in [4.78, 5) is 46.1. The first-order chi connectivity index (χ1) is 19.7. The minimum Gasteiger partial charge on any atom is -0.507 e. The number of ketones is 1. The summed E-state index contributed by atoms with van der Waals surface area (Å²) in [6, 6.07) is 2.37. The summed E-state index contributed by atoms with van der Waals surface area (Å²) in [6.45, 7) is 7.18. The lowest BCUT2D eigenvalue weighted by Gasteiger charge is -2.29. The SMILES string of the molecule is COC(=O)c1[nH]c(C)c(C(O)=C2C(=O)C(=O)N(CCCN3CCOCC3)[C@@H]2c2cc(OC)c(OC)c(OC)c2)c1C. The summed E-state index contributed by atoms with van der Waals surface area (Å²) in [5.74, 6) is -1.54. The molecule has 0 bridgehead atoms. The number of likely N-dealkylation sites (tertiary alicyclic amines) is 1. The van der Waals surface area contributed by atoms with Crippen molar-refractivity contribution in [3.63, 3.8) is 0 Å². The van der Waals surface area contributed by atoms with Gasteiger partial charge in [-0.1, -0.05) is 0 Å². The molecule has 2 aliphatic rings. The second-order valence-corrected chi connectivity index (χ2v) is 9.88. The Hall–Kier alpha value is -4.03. The maximum absolute atomic E-state index is 13.6. The summed E-state index contributed by atoms with van der Waals surface area (Å²) in [6.07, 6.45) is 0.600. The number of morpholine rings is 1. The minimum atomic E-state index is -0.955. The number of nitrogens with zero attached hydrogens (tertiary/aromatic N) is 2. The van der Waals surface area contributed by atoms with E-state index in [1.54, 1.807) is 26.0 Å². The van der Waals surface area contributed by atoms with E-state index in [0.717, 1.165) is 13.1 Å². The van der Waals surface area contributed by atoms with Crippen LogP contribution in [0.2, 0.25) is 0 Å². The molecule has 0 radical (unpaired) electrons. The van der Waals surface area contributed by atoms with Gasteiger partial charge in [-0.2, -0.15) is 0 Å². The highest BCUT2D eigenvalue weighted by Gasteiger charge is 2.47. The number of hydrogen-bond donors (Lipinski definition) is 2. The van der Waals surface area contributed by atoms with Crippen molar-refractivity contribution in [1.29, 1.82) is 0 Å². The fraction of sp³-hybridized carbons (Fsp3) is 0.483. The number of hydrogen-bond acceptors (Lipinski definition) is 10. The molecule has 1 aromatic heterocycles. The van der Waals surface area contributed by atoms with E-state index in [4.69, 9.17) is 23.7 Å². The van der Waals surface area contributed by atoms with Crippen molar-refractivity contribution in [2.75, 3.05) is 67.8 Å². The third-order valence-electron chi connectivity index (χ3n) is 7.58. The fourth-order valence-electron chi connectivity index (χ4n) is 5.55. The Balaban J connectivity index is 1.85. The number of benzene rings is 1. The van der Waals surface area contributed by atoms with Gasteiger partial charge < -0.3 is 38.7 Å². The predicted octanol–water partition coefficient (Wildman–Crippen LogP) is 2.59. The van der Waals surface area contributed by atoms with E-state index in [0.29, 0.717) is 60.2 Å². The number of Topliss-reactive ketones (excluding diaryl/α,β-unsaturated/α-hetero) is 1. The molecule has 0 saturated carbocycles. The van der Waals surface area contributed by atoms with Crippen molar-refractivity contribution in [3.05, 3.63) is 45.8 Å². The monoisotopic (exact) mass is 571 g/mol. The highest BCUT2D eigenvalue weighted by molar-refractivity contribution is 6.46. The zero-order valence-corrected chi connectivity index (χ0v) is 24.3. The van der Waals surface area contributed by atoms with Gasteiger partial charge in [-0.05, 0) is 43.5 Å². The van der Waals surface area contributed by atoms with Gasteiger partial charge >= 0.3 is 5.97 Å². The van der Waals surface area contributed by atoms with E-state index in [9.17, 15) is 19.5 Å². The zero-order valence-electron chi connectivity index (χ0n) is 24.3. The van der Waals surface area contributed by atoms with Crippen LogP contribution in [-0.2, 0) is 19.1 Å².